The number of Topliss-reactive ketones (excluding diaryl/α,β-unsaturated/α-hetero) is 1. The highest BCUT2D eigenvalue weighted by Crippen LogP contribution is 2.33. The molecule has 0 aliphatic carbocycles. The van der Waals surface area contributed by atoms with E-state index < -0.39 is 72.9 Å². The van der Waals surface area contributed by atoms with Gasteiger partial charge in [0, 0.05) is 17.5 Å². The van der Waals surface area contributed by atoms with Crippen LogP contribution in [0, 0.1) is 17.5 Å². The molecule has 1 fully saturated rings. The van der Waals surface area contributed by atoms with Crippen LogP contribution in [0.2, 0.25) is 0 Å². The first-order valence-electron chi connectivity index (χ1n) is 13.3. The van der Waals surface area contributed by atoms with Gasteiger partial charge in [-0.1, -0.05) is 47.7 Å². The largest absolute Gasteiger partial charge is 0.394 e. The number of aliphatic hydroxyl groups is 3. The summed E-state index contributed by atoms with van der Waals surface area (Å²) in [6.45, 7) is -1.38. The van der Waals surface area contributed by atoms with Gasteiger partial charge in [0.15, 0.2) is 23.6 Å². The van der Waals surface area contributed by atoms with E-state index in [2.05, 4.69) is 10.3 Å². The van der Waals surface area contributed by atoms with Crippen LogP contribution in [0.5, 0.6) is 0 Å². The monoisotopic (exact) mass is 596 g/mol. The van der Waals surface area contributed by atoms with Crippen LogP contribution in [-0.4, -0.2) is 84.6 Å². The van der Waals surface area contributed by atoms with Gasteiger partial charge in [-0.2, -0.15) is 0 Å². The fraction of sp³-hybridized carbons (Fsp3) is 0.267. The maximum absolute atomic E-state index is 14.1. The van der Waals surface area contributed by atoms with Crippen LogP contribution in [0.1, 0.15) is 22.0 Å². The predicted octanol–water partition coefficient (Wildman–Crippen LogP) is 2.30. The Balaban J connectivity index is 1.50. The van der Waals surface area contributed by atoms with E-state index in [1.165, 1.54) is 24.4 Å². The van der Waals surface area contributed by atoms with Crippen molar-refractivity contribution in [3.63, 3.8) is 0 Å². The van der Waals surface area contributed by atoms with Crippen molar-refractivity contribution < 1.29 is 42.8 Å². The zero-order valence-corrected chi connectivity index (χ0v) is 22.5. The second-order valence-corrected chi connectivity index (χ2v) is 10.1. The number of aromatic nitrogens is 3. The molecule has 0 saturated carbocycles. The number of carbonyl (C=O) groups excluding carboxylic acids is 2. The summed E-state index contributed by atoms with van der Waals surface area (Å²) in [5.74, 6) is -4.47. The first-order chi connectivity index (χ1) is 20.7. The summed E-state index contributed by atoms with van der Waals surface area (Å²) in [4.78, 5) is 27.7. The second-order valence-electron chi connectivity index (χ2n) is 10.1. The molecule has 3 N–H and O–H groups in total. The summed E-state index contributed by atoms with van der Waals surface area (Å²) in [6, 6.07) is 15.2. The van der Waals surface area contributed by atoms with Crippen molar-refractivity contribution in [3.8, 4) is 11.3 Å². The molecule has 3 aromatic carbocycles. The SMILES string of the molecule is O=C(Cc1ccccc1)CN(C(=O)c1ccc(F)c(F)c1)[C@@H]1O[C@H](CO)[C@H](O)[C@H](n2cc(-c3cccc(F)c3)nn2)[C@H]1O. The summed E-state index contributed by atoms with van der Waals surface area (Å²) in [7, 11) is 0. The Morgan fingerprint density at radius 2 is 1.70 bits per heavy atom. The first kappa shape index (κ1) is 30.0. The topological polar surface area (TPSA) is 138 Å². The Morgan fingerprint density at radius 3 is 2.40 bits per heavy atom. The molecule has 13 heteroatoms. The van der Waals surface area contributed by atoms with E-state index in [9.17, 15) is 38.1 Å². The molecule has 0 bridgehead atoms. The third kappa shape index (κ3) is 6.49. The number of hydrogen-bond acceptors (Lipinski definition) is 8. The molecule has 5 rings (SSSR count). The van der Waals surface area contributed by atoms with Gasteiger partial charge in [0.05, 0.1) is 19.3 Å². The molecule has 0 unspecified atom stereocenters. The van der Waals surface area contributed by atoms with Gasteiger partial charge >= 0.3 is 0 Å². The Bertz CT molecular complexity index is 1600. The molecule has 5 atom stereocenters. The van der Waals surface area contributed by atoms with Gasteiger partial charge in [0.2, 0.25) is 0 Å². The smallest absolute Gasteiger partial charge is 0.256 e. The van der Waals surface area contributed by atoms with Crippen LogP contribution in [-0.2, 0) is 16.0 Å². The average Bonchev–Trinajstić information content (AvgIpc) is 3.48. The number of aliphatic hydroxyl groups excluding tert-OH is 3. The van der Waals surface area contributed by atoms with Crippen molar-refractivity contribution in [3.05, 3.63) is 108 Å². The van der Waals surface area contributed by atoms with Crippen LogP contribution < -0.4 is 0 Å². The van der Waals surface area contributed by atoms with Crippen LogP contribution in [0.3, 0.4) is 0 Å². The van der Waals surface area contributed by atoms with Crippen LogP contribution >= 0.6 is 0 Å². The zero-order chi connectivity index (χ0) is 30.7. The summed E-state index contributed by atoms with van der Waals surface area (Å²) < 4.78 is 48.4. The number of ether oxygens (including phenoxy) is 1. The maximum Gasteiger partial charge on any atom is 0.256 e. The van der Waals surface area contributed by atoms with Crippen molar-refractivity contribution in [2.24, 2.45) is 0 Å². The molecule has 1 saturated heterocycles. The molecule has 10 nitrogen and oxygen atoms in total. The standard InChI is InChI=1S/C30H27F3N4O6/c31-20-8-4-7-18(12-20)24-15-37(35-34-24)26-27(40)25(16-38)43-30(28(26)41)36(14-21(39)11-17-5-2-1-3-6-17)29(42)19-9-10-22(32)23(33)13-19/h1-10,12-13,15,25-28,30,38,40-41H,11,14,16H2/t25-,26+,27+,28-,30-/m1/s1. The Kier molecular flexibility index (Phi) is 8.97. The van der Waals surface area contributed by atoms with Gasteiger partial charge in [-0.05, 0) is 35.9 Å². The molecule has 0 radical (unpaired) electrons. The Hall–Kier alpha value is -4.43. The van der Waals surface area contributed by atoms with Crippen molar-refractivity contribution in [2.45, 2.75) is 37.0 Å². The molecule has 1 aromatic heterocycles. The number of ketones is 1. The molecular formula is C30H27F3N4O6. The molecule has 224 valence electrons. The minimum atomic E-state index is -1.77. The first-order valence-corrected chi connectivity index (χ1v) is 13.3. The molecule has 43 heavy (non-hydrogen) atoms. The maximum atomic E-state index is 14.1. The van der Waals surface area contributed by atoms with E-state index >= 15 is 0 Å². The summed E-state index contributed by atoms with van der Waals surface area (Å²) >= 11 is 0. The second kappa shape index (κ2) is 12.8. The van der Waals surface area contributed by atoms with Crippen molar-refractivity contribution in [1.29, 1.82) is 0 Å². The van der Waals surface area contributed by atoms with Crippen LogP contribution in [0.4, 0.5) is 13.2 Å². The lowest BCUT2D eigenvalue weighted by Gasteiger charge is -2.45. The lowest BCUT2D eigenvalue weighted by atomic mass is 9.94. The minimum Gasteiger partial charge on any atom is -0.394 e. The lowest BCUT2D eigenvalue weighted by molar-refractivity contribution is -0.237. The van der Waals surface area contributed by atoms with E-state index in [1.54, 1.807) is 36.4 Å². The van der Waals surface area contributed by atoms with Crippen molar-refractivity contribution in [2.75, 3.05) is 13.2 Å². The van der Waals surface area contributed by atoms with E-state index in [1.807, 2.05) is 0 Å². The molecule has 0 spiro atoms. The van der Waals surface area contributed by atoms with Gasteiger partial charge in [-0.3, -0.25) is 9.59 Å². The van der Waals surface area contributed by atoms with E-state index in [0.717, 1.165) is 21.7 Å². The number of benzene rings is 3. The number of amides is 1. The fourth-order valence-electron chi connectivity index (χ4n) is 5.00. The fourth-order valence-corrected chi connectivity index (χ4v) is 5.00. The predicted molar refractivity (Wildman–Crippen MR) is 145 cm³/mol. The van der Waals surface area contributed by atoms with E-state index in [-0.39, 0.29) is 17.7 Å². The number of hydrogen-bond donors (Lipinski definition) is 3. The Morgan fingerprint density at radius 1 is 0.930 bits per heavy atom. The van der Waals surface area contributed by atoms with Gasteiger partial charge in [-0.15, -0.1) is 5.10 Å². The lowest BCUT2D eigenvalue weighted by Crippen LogP contribution is -2.62. The summed E-state index contributed by atoms with van der Waals surface area (Å²) in [5, 5.41) is 40.5. The molecular weight excluding hydrogens is 569 g/mol. The average molecular weight is 597 g/mol. The minimum absolute atomic E-state index is 0.0965. The zero-order valence-electron chi connectivity index (χ0n) is 22.5. The third-order valence-corrected chi connectivity index (χ3v) is 7.13. The number of carbonyl (C=O) groups is 2. The molecule has 1 amide bonds. The quantitative estimate of drug-likeness (QED) is 0.268. The number of halogens is 3. The van der Waals surface area contributed by atoms with Crippen molar-refractivity contribution in [1.82, 2.24) is 19.9 Å². The third-order valence-electron chi connectivity index (χ3n) is 7.13. The van der Waals surface area contributed by atoms with Crippen LogP contribution in [0.15, 0.2) is 79.0 Å². The van der Waals surface area contributed by atoms with Gasteiger partial charge < -0.3 is 25.0 Å². The van der Waals surface area contributed by atoms with Gasteiger partial charge in [-0.25, -0.2) is 17.9 Å². The molecule has 2 heterocycles. The molecule has 4 aromatic rings. The Labute approximate surface area is 243 Å². The number of rotatable bonds is 9. The summed E-state index contributed by atoms with van der Waals surface area (Å²) in [6.07, 6.45) is -5.12. The molecule has 1 aliphatic rings. The highest BCUT2D eigenvalue weighted by Gasteiger charge is 2.49. The molecule has 1 aliphatic heterocycles. The van der Waals surface area contributed by atoms with Gasteiger partial charge in [0.25, 0.3) is 5.91 Å². The normalized spacial score (nSPS) is 21.9. The highest BCUT2D eigenvalue weighted by molar-refractivity contribution is 5.97. The van der Waals surface area contributed by atoms with E-state index in [0.29, 0.717) is 17.2 Å². The highest BCUT2D eigenvalue weighted by atomic mass is 19.2. The summed E-state index contributed by atoms with van der Waals surface area (Å²) in [5.41, 5.74) is 0.876. The van der Waals surface area contributed by atoms with E-state index in [4.69, 9.17) is 4.74 Å². The van der Waals surface area contributed by atoms with Crippen molar-refractivity contribution >= 4 is 11.7 Å². The van der Waals surface area contributed by atoms with Crippen LogP contribution in [0.25, 0.3) is 11.3 Å². The van der Waals surface area contributed by atoms with Gasteiger partial charge in [0.1, 0.15) is 35.9 Å². The number of nitrogens with zero attached hydrogens (tertiary/aromatic N) is 4.